The summed E-state index contributed by atoms with van der Waals surface area (Å²) in [5.74, 6) is -0.719. The van der Waals surface area contributed by atoms with E-state index in [9.17, 15) is 9.90 Å². The van der Waals surface area contributed by atoms with Gasteiger partial charge in [-0.05, 0) is 44.9 Å². The Hall–Kier alpha value is -1.09. The molecule has 0 radical (unpaired) electrons. The standard InChI is InChI=1S/C18H32O3/c1-2-3-4-5-8-11-14-17(19)15-12-9-6-7-10-13-16-18(20)21/h6,9,11,14,17,19H,2-5,7-8,10,12-13,15-16H2,1H3,(H,20,21)/b9-6-,14-11+. The quantitative estimate of drug-likeness (QED) is 0.355. The number of aliphatic hydroxyl groups is 1. The molecule has 0 heterocycles. The van der Waals surface area contributed by atoms with E-state index < -0.39 is 5.97 Å². The molecular formula is C18H32O3. The second-order valence-electron chi connectivity index (χ2n) is 5.53. The zero-order chi connectivity index (χ0) is 15.8. The van der Waals surface area contributed by atoms with Gasteiger partial charge in [-0.3, -0.25) is 4.79 Å². The van der Waals surface area contributed by atoms with Gasteiger partial charge >= 0.3 is 5.97 Å². The van der Waals surface area contributed by atoms with E-state index in [-0.39, 0.29) is 12.5 Å². The maximum absolute atomic E-state index is 10.3. The number of carboxylic acid groups (broad SMARTS) is 1. The number of hydrogen-bond donors (Lipinski definition) is 2. The predicted octanol–water partition coefficient (Wildman–Crippen LogP) is 4.86. The van der Waals surface area contributed by atoms with Gasteiger partial charge in [-0.25, -0.2) is 0 Å². The minimum atomic E-state index is -0.719. The lowest BCUT2D eigenvalue weighted by Gasteiger charge is -2.02. The van der Waals surface area contributed by atoms with Crippen LogP contribution in [0.15, 0.2) is 24.3 Å². The summed E-state index contributed by atoms with van der Waals surface area (Å²) in [4.78, 5) is 10.3. The third-order valence-electron chi connectivity index (χ3n) is 3.39. The van der Waals surface area contributed by atoms with Crippen LogP contribution < -0.4 is 0 Å². The number of aliphatic carboxylic acids is 1. The Bertz CT molecular complexity index is 295. The summed E-state index contributed by atoms with van der Waals surface area (Å²) < 4.78 is 0. The predicted molar refractivity (Wildman–Crippen MR) is 88.4 cm³/mol. The molecule has 0 fully saturated rings. The number of rotatable bonds is 14. The molecule has 3 nitrogen and oxygen atoms in total. The van der Waals surface area contributed by atoms with Gasteiger partial charge in [-0.1, -0.05) is 50.5 Å². The number of allylic oxidation sites excluding steroid dienone is 3. The van der Waals surface area contributed by atoms with Crippen molar-refractivity contribution in [2.24, 2.45) is 0 Å². The molecule has 0 amide bonds. The number of carboxylic acids is 1. The monoisotopic (exact) mass is 296 g/mol. The Morgan fingerprint density at radius 1 is 0.952 bits per heavy atom. The lowest BCUT2D eigenvalue weighted by molar-refractivity contribution is -0.137. The molecule has 0 saturated carbocycles. The summed E-state index contributed by atoms with van der Waals surface area (Å²) in [6.07, 6.45) is 18.4. The van der Waals surface area contributed by atoms with Gasteiger partial charge < -0.3 is 10.2 Å². The van der Waals surface area contributed by atoms with E-state index in [4.69, 9.17) is 5.11 Å². The van der Waals surface area contributed by atoms with Gasteiger partial charge in [0.2, 0.25) is 0 Å². The lowest BCUT2D eigenvalue weighted by Crippen LogP contribution is -2.00. The molecule has 0 aliphatic rings. The van der Waals surface area contributed by atoms with E-state index in [0.717, 1.165) is 38.5 Å². The van der Waals surface area contributed by atoms with Crippen molar-refractivity contribution >= 4 is 5.97 Å². The molecule has 0 spiro atoms. The highest BCUT2D eigenvalue weighted by atomic mass is 16.4. The fourth-order valence-corrected chi connectivity index (χ4v) is 2.08. The highest BCUT2D eigenvalue weighted by Crippen LogP contribution is 2.06. The van der Waals surface area contributed by atoms with Gasteiger partial charge in [0.05, 0.1) is 6.10 Å². The molecule has 1 atom stereocenters. The van der Waals surface area contributed by atoms with E-state index in [1.165, 1.54) is 25.7 Å². The first-order chi connectivity index (χ1) is 10.2. The SMILES string of the molecule is CCCCCC/C=C/C(O)CC/C=C\CCCCC(=O)O. The van der Waals surface area contributed by atoms with Crippen LogP contribution in [0.2, 0.25) is 0 Å². The number of carbonyl (C=O) groups is 1. The molecule has 0 aromatic heterocycles. The van der Waals surface area contributed by atoms with Gasteiger partial charge in [0.25, 0.3) is 0 Å². The van der Waals surface area contributed by atoms with Crippen molar-refractivity contribution in [2.75, 3.05) is 0 Å². The van der Waals surface area contributed by atoms with Crippen LogP contribution in [0.5, 0.6) is 0 Å². The van der Waals surface area contributed by atoms with Crippen LogP contribution in [0.4, 0.5) is 0 Å². The molecule has 0 rings (SSSR count). The van der Waals surface area contributed by atoms with Gasteiger partial charge in [0, 0.05) is 6.42 Å². The van der Waals surface area contributed by atoms with E-state index in [0.29, 0.717) is 0 Å². The molecule has 0 bridgehead atoms. The molecule has 122 valence electrons. The molecule has 2 N–H and O–H groups in total. The van der Waals surface area contributed by atoms with Crippen molar-refractivity contribution in [2.45, 2.75) is 83.7 Å². The smallest absolute Gasteiger partial charge is 0.303 e. The number of aliphatic hydroxyl groups excluding tert-OH is 1. The molecule has 0 aromatic carbocycles. The molecule has 0 aliphatic heterocycles. The Morgan fingerprint density at radius 3 is 2.33 bits per heavy atom. The fourth-order valence-electron chi connectivity index (χ4n) is 2.08. The molecular weight excluding hydrogens is 264 g/mol. The lowest BCUT2D eigenvalue weighted by atomic mass is 10.1. The number of hydrogen-bond acceptors (Lipinski definition) is 2. The first-order valence-corrected chi connectivity index (χ1v) is 8.38. The second kappa shape index (κ2) is 15.3. The van der Waals surface area contributed by atoms with Gasteiger partial charge in [-0.2, -0.15) is 0 Å². The van der Waals surface area contributed by atoms with Crippen LogP contribution in [-0.2, 0) is 4.79 Å². The van der Waals surface area contributed by atoms with E-state index >= 15 is 0 Å². The van der Waals surface area contributed by atoms with Crippen LogP contribution in [-0.4, -0.2) is 22.3 Å². The van der Waals surface area contributed by atoms with Crippen LogP contribution in [0, 0.1) is 0 Å². The van der Waals surface area contributed by atoms with Crippen LogP contribution in [0.3, 0.4) is 0 Å². The Morgan fingerprint density at radius 2 is 1.62 bits per heavy atom. The molecule has 3 heteroatoms. The molecule has 0 aromatic rings. The van der Waals surface area contributed by atoms with Crippen molar-refractivity contribution in [3.63, 3.8) is 0 Å². The molecule has 0 saturated heterocycles. The molecule has 1 unspecified atom stereocenters. The topological polar surface area (TPSA) is 57.5 Å². The molecule has 21 heavy (non-hydrogen) atoms. The highest BCUT2D eigenvalue weighted by Gasteiger charge is 1.97. The summed E-state index contributed by atoms with van der Waals surface area (Å²) in [6, 6.07) is 0. The van der Waals surface area contributed by atoms with E-state index in [1.54, 1.807) is 0 Å². The second-order valence-corrected chi connectivity index (χ2v) is 5.53. The summed E-state index contributed by atoms with van der Waals surface area (Å²) in [6.45, 7) is 2.21. The van der Waals surface area contributed by atoms with Gasteiger partial charge in [-0.15, -0.1) is 0 Å². The maximum atomic E-state index is 10.3. The first-order valence-electron chi connectivity index (χ1n) is 8.38. The normalized spacial score (nSPS) is 13.2. The average molecular weight is 296 g/mol. The zero-order valence-electron chi connectivity index (χ0n) is 13.5. The van der Waals surface area contributed by atoms with Crippen molar-refractivity contribution in [3.8, 4) is 0 Å². The Kier molecular flexibility index (Phi) is 14.5. The third-order valence-corrected chi connectivity index (χ3v) is 3.39. The van der Waals surface area contributed by atoms with E-state index in [2.05, 4.69) is 25.2 Å². The van der Waals surface area contributed by atoms with E-state index in [1.807, 2.05) is 6.08 Å². The third kappa shape index (κ3) is 16.9. The van der Waals surface area contributed by atoms with Crippen LogP contribution in [0.1, 0.15) is 77.6 Å². The summed E-state index contributed by atoms with van der Waals surface area (Å²) >= 11 is 0. The van der Waals surface area contributed by atoms with Crippen LogP contribution >= 0.6 is 0 Å². The first kappa shape index (κ1) is 19.9. The largest absolute Gasteiger partial charge is 0.481 e. The fraction of sp³-hybridized carbons (Fsp3) is 0.722. The van der Waals surface area contributed by atoms with Gasteiger partial charge in [0.1, 0.15) is 0 Å². The minimum Gasteiger partial charge on any atom is -0.481 e. The van der Waals surface area contributed by atoms with Crippen molar-refractivity contribution < 1.29 is 15.0 Å². The summed E-state index contributed by atoms with van der Waals surface area (Å²) in [5, 5.41) is 18.3. The number of unbranched alkanes of at least 4 members (excludes halogenated alkanes) is 6. The average Bonchev–Trinajstić information content (AvgIpc) is 2.45. The minimum absolute atomic E-state index is 0.260. The maximum Gasteiger partial charge on any atom is 0.303 e. The highest BCUT2D eigenvalue weighted by molar-refractivity contribution is 5.66. The van der Waals surface area contributed by atoms with Crippen molar-refractivity contribution in [1.82, 2.24) is 0 Å². The summed E-state index contributed by atoms with van der Waals surface area (Å²) in [7, 11) is 0. The molecule has 0 aliphatic carbocycles. The van der Waals surface area contributed by atoms with Gasteiger partial charge in [0.15, 0.2) is 0 Å². The Balaban J connectivity index is 3.41. The summed E-state index contributed by atoms with van der Waals surface area (Å²) in [5.41, 5.74) is 0. The Labute approximate surface area is 129 Å². The van der Waals surface area contributed by atoms with Crippen LogP contribution in [0.25, 0.3) is 0 Å². The van der Waals surface area contributed by atoms with Crippen molar-refractivity contribution in [1.29, 1.82) is 0 Å². The zero-order valence-corrected chi connectivity index (χ0v) is 13.5. The van der Waals surface area contributed by atoms with Crippen molar-refractivity contribution in [3.05, 3.63) is 24.3 Å².